The van der Waals surface area contributed by atoms with Crippen molar-refractivity contribution in [1.82, 2.24) is 0 Å². The van der Waals surface area contributed by atoms with Gasteiger partial charge in [-0.3, -0.25) is 0 Å². The predicted octanol–water partition coefficient (Wildman–Crippen LogP) is 2.35. The Balaban J connectivity index is 3.22. The van der Waals surface area contributed by atoms with E-state index in [4.69, 9.17) is 11.6 Å². The van der Waals surface area contributed by atoms with Crippen LogP contribution in [0, 0.1) is 6.92 Å². The zero-order valence-corrected chi connectivity index (χ0v) is 4.63. The SMILES string of the molecule is [CH2]C(=CCl)CC. The van der Waals surface area contributed by atoms with E-state index >= 15 is 0 Å². The first kappa shape index (κ1) is 6.03. The van der Waals surface area contributed by atoms with Gasteiger partial charge in [-0.2, -0.15) is 0 Å². The Morgan fingerprint density at radius 2 is 2.50 bits per heavy atom. The van der Waals surface area contributed by atoms with E-state index in [2.05, 4.69) is 6.92 Å². The first-order valence-electron chi connectivity index (χ1n) is 1.92. The molecule has 0 saturated heterocycles. The van der Waals surface area contributed by atoms with Crippen LogP contribution in [0.4, 0.5) is 0 Å². The molecule has 0 spiro atoms. The van der Waals surface area contributed by atoms with Crippen LogP contribution in [0.25, 0.3) is 0 Å². The lowest BCUT2D eigenvalue weighted by atomic mass is 10.3. The quantitative estimate of drug-likeness (QED) is 0.478. The molecule has 1 heteroatoms. The summed E-state index contributed by atoms with van der Waals surface area (Å²) in [5.74, 6) is 0. The van der Waals surface area contributed by atoms with Crippen molar-refractivity contribution < 1.29 is 0 Å². The molecule has 0 aromatic rings. The van der Waals surface area contributed by atoms with E-state index < -0.39 is 0 Å². The molecule has 0 heterocycles. The molecule has 0 aliphatic heterocycles. The minimum Gasteiger partial charge on any atom is -0.0930 e. The summed E-state index contributed by atoms with van der Waals surface area (Å²) in [6.07, 6.45) is 0.948. The second kappa shape index (κ2) is 3.23. The topological polar surface area (TPSA) is 0 Å². The van der Waals surface area contributed by atoms with Gasteiger partial charge in [0.15, 0.2) is 0 Å². The van der Waals surface area contributed by atoms with Crippen molar-refractivity contribution in [3.63, 3.8) is 0 Å². The summed E-state index contributed by atoms with van der Waals surface area (Å²) < 4.78 is 0. The van der Waals surface area contributed by atoms with Crippen molar-refractivity contribution in [2.24, 2.45) is 0 Å². The van der Waals surface area contributed by atoms with E-state index in [-0.39, 0.29) is 0 Å². The van der Waals surface area contributed by atoms with Crippen LogP contribution >= 0.6 is 11.6 Å². The maximum atomic E-state index is 5.23. The highest BCUT2D eigenvalue weighted by molar-refractivity contribution is 6.25. The Morgan fingerprint density at radius 3 is 2.50 bits per heavy atom. The fourth-order valence-corrected chi connectivity index (χ4v) is 0.231. The van der Waals surface area contributed by atoms with Gasteiger partial charge in [-0.1, -0.05) is 24.1 Å². The van der Waals surface area contributed by atoms with Crippen LogP contribution in [0.5, 0.6) is 0 Å². The average Bonchev–Trinajstić information content (AvgIpc) is 1.65. The van der Waals surface area contributed by atoms with Crippen molar-refractivity contribution in [2.45, 2.75) is 13.3 Å². The lowest BCUT2D eigenvalue weighted by Gasteiger charge is -1.83. The molecular formula is C5H8Cl. The molecule has 0 nitrogen and oxygen atoms in total. The number of allylic oxidation sites excluding steroid dienone is 1. The van der Waals surface area contributed by atoms with Crippen molar-refractivity contribution in [3.05, 3.63) is 18.0 Å². The van der Waals surface area contributed by atoms with E-state index in [1.54, 1.807) is 0 Å². The van der Waals surface area contributed by atoms with Gasteiger partial charge in [0.1, 0.15) is 0 Å². The molecule has 0 rings (SSSR count). The Bertz CT molecular complexity index is 55.0. The highest BCUT2D eigenvalue weighted by Gasteiger charge is 1.75. The average molecular weight is 104 g/mol. The second-order valence-corrected chi connectivity index (χ2v) is 1.34. The van der Waals surface area contributed by atoms with Crippen LogP contribution < -0.4 is 0 Å². The van der Waals surface area contributed by atoms with Crippen LogP contribution in [0.1, 0.15) is 13.3 Å². The molecule has 0 bridgehead atoms. The third-order valence-corrected chi connectivity index (χ3v) is 0.917. The zero-order chi connectivity index (χ0) is 4.99. The molecule has 0 aromatic heterocycles. The minimum absolute atomic E-state index is 0.948. The zero-order valence-electron chi connectivity index (χ0n) is 3.87. The summed E-state index contributed by atoms with van der Waals surface area (Å²) in [5, 5.41) is 0. The largest absolute Gasteiger partial charge is 0.0930 e. The molecule has 0 atom stereocenters. The molecule has 0 aliphatic carbocycles. The van der Waals surface area contributed by atoms with Gasteiger partial charge in [0.2, 0.25) is 0 Å². The molecule has 0 saturated carbocycles. The molecular weight excluding hydrogens is 95.5 g/mol. The van der Waals surface area contributed by atoms with Crippen molar-refractivity contribution in [1.29, 1.82) is 0 Å². The molecule has 0 aromatic carbocycles. The smallest absolute Gasteiger partial charge is 0.00344 e. The number of rotatable bonds is 1. The molecule has 0 unspecified atom stereocenters. The van der Waals surface area contributed by atoms with E-state index in [1.807, 2.05) is 6.92 Å². The van der Waals surface area contributed by atoms with Gasteiger partial charge in [-0.05, 0) is 13.3 Å². The summed E-state index contributed by atoms with van der Waals surface area (Å²) >= 11 is 5.23. The summed E-state index contributed by atoms with van der Waals surface area (Å²) in [6, 6.07) is 0. The summed E-state index contributed by atoms with van der Waals surface area (Å²) in [7, 11) is 0. The highest BCUT2D eigenvalue weighted by atomic mass is 35.5. The Hall–Kier alpha value is 0.0300. The van der Waals surface area contributed by atoms with Gasteiger partial charge < -0.3 is 0 Å². The highest BCUT2D eigenvalue weighted by Crippen LogP contribution is 1.97. The summed E-state index contributed by atoms with van der Waals surface area (Å²) in [6.45, 7) is 5.62. The third kappa shape index (κ3) is 2.28. The molecule has 0 N–H and O–H groups in total. The predicted molar refractivity (Wildman–Crippen MR) is 29.6 cm³/mol. The monoisotopic (exact) mass is 103 g/mol. The Kier molecular flexibility index (Phi) is 3.24. The van der Waals surface area contributed by atoms with Crippen molar-refractivity contribution in [2.75, 3.05) is 0 Å². The molecule has 0 aliphatic rings. The molecule has 6 heavy (non-hydrogen) atoms. The first-order valence-corrected chi connectivity index (χ1v) is 2.36. The van der Waals surface area contributed by atoms with Crippen LogP contribution in [-0.4, -0.2) is 0 Å². The van der Waals surface area contributed by atoms with E-state index in [1.165, 1.54) is 5.54 Å². The van der Waals surface area contributed by atoms with Gasteiger partial charge in [0.25, 0.3) is 0 Å². The molecule has 0 fully saturated rings. The lowest BCUT2D eigenvalue weighted by molar-refractivity contribution is 1.15. The van der Waals surface area contributed by atoms with Gasteiger partial charge in [-0.15, -0.1) is 0 Å². The normalized spacial score (nSPS) is 12.2. The van der Waals surface area contributed by atoms with E-state index in [0.717, 1.165) is 12.0 Å². The van der Waals surface area contributed by atoms with Crippen LogP contribution in [0.2, 0.25) is 0 Å². The van der Waals surface area contributed by atoms with Crippen molar-refractivity contribution >= 4 is 11.6 Å². The van der Waals surface area contributed by atoms with Gasteiger partial charge in [-0.25, -0.2) is 0 Å². The maximum absolute atomic E-state index is 5.23. The van der Waals surface area contributed by atoms with Gasteiger partial charge in [0, 0.05) is 5.54 Å². The lowest BCUT2D eigenvalue weighted by Crippen LogP contribution is -1.63. The second-order valence-electron chi connectivity index (χ2n) is 1.12. The Labute approximate surface area is 43.8 Å². The number of hydrogen-bond acceptors (Lipinski definition) is 0. The van der Waals surface area contributed by atoms with Gasteiger partial charge in [0.05, 0.1) is 0 Å². The molecule has 0 amide bonds. The van der Waals surface area contributed by atoms with Crippen LogP contribution in [0.15, 0.2) is 11.1 Å². The number of hydrogen-bond donors (Lipinski definition) is 0. The maximum Gasteiger partial charge on any atom is 0.00344 e. The fraction of sp³-hybridized carbons (Fsp3) is 0.400. The molecule has 1 radical (unpaired) electrons. The molecule has 35 valence electrons. The van der Waals surface area contributed by atoms with Gasteiger partial charge >= 0.3 is 0 Å². The fourth-order valence-electron chi connectivity index (χ4n) is 0.0772. The number of halogens is 1. The van der Waals surface area contributed by atoms with Crippen LogP contribution in [-0.2, 0) is 0 Å². The summed E-state index contributed by atoms with van der Waals surface area (Å²) in [5.41, 5.74) is 2.48. The van der Waals surface area contributed by atoms with E-state index in [0.29, 0.717) is 0 Å². The van der Waals surface area contributed by atoms with Crippen molar-refractivity contribution in [3.8, 4) is 0 Å². The van der Waals surface area contributed by atoms with Crippen LogP contribution in [0.3, 0.4) is 0 Å². The minimum atomic E-state index is 0.948. The summed E-state index contributed by atoms with van der Waals surface area (Å²) in [4.78, 5) is 0. The first-order chi connectivity index (χ1) is 2.81. The standard InChI is InChI=1S/C5H8Cl/c1-3-5(2)4-6/h4H,2-3H2,1H3. The van der Waals surface area contributed by atoms with E-state index in [9.17, 15) is 0 Å². The Morgan fingerprint density at radius 1 is 2.00 bits per heavy atom. The third-order valence-electron chi connectivity index (χ3n) is 0.608.